The molecule has 82 valence electrons. The zero-order chi connectivity index (χ0) is 11.3. The number of ether oxygens (including phenoxy) is 1. The highest BCUT2D eigenvalue weighted by Crippen LogP contribution is 2.22. The van der Waals surface area contributed by atoms with E-state index in [0.29, 0.717) is 0 Å². The van der Waals surface area contributed by atoms with E-state index < -0.39 is 0 Å². The molecule has 1 rings (SSSR count). The monoisotopic (exact) mass is 209 g/mol. The van der Waals surface area contributed by atoms with Crippen molar-refractivity contribution in [3.63, 3.8) is 0 Å². The number of hydrogen-bond acceptors (Lipinski definition) is 2. The summed E-state index contributed by atoms with van der Waals surface area (Å²) in [4.78, 5) is 0. The Balaban J connectivity index is 2.77. The summed E-state index contributed by atoms with van der Waals surface area (Å²) in [5, 5.41) is 0. The number of halogens is 1. The molecular formula is C12H16FNO. The highest BCUT2D eigenvalue weighted by Gasteiger charge is 2.08. The van der Waals surface area contributed by atoms with Crippen molar-refractivity contribution < 1.29 is 9.13 Å². The van der Waals surface area contributed by atoms with Gasteiger partial charge in [0.1, 0.15) is 0 Å². The van der Waals surface area contributed by atoms with E-state index in [4.69, 9.17) is 10.5 Å². The quantitative estimate of drug-likeness (QED) is 0.757. The maximum Gasteiger partial charge on any atom is 0.165 e. The molecule has 1 atom stereocenters. The fraction of sp³-hybridized carbons (Fsp3) is 0.333. The van der Waals surface area contributed by atoms with E-state index in [9.17, 15) is 4.39 Å². The van der Waals surface area contributed by atoms with Crippen LogP contribution in [0.25, 0.3) is 0 Å². The van der Waals surface area contributed by atoms with Crippen molar-refractivity contribution in [2.24, 2.45) is 5.73 Å². The van der Waals surface area contributed by atoms with E-state index in [-0.39, 0.29) is 17.6 Å². The van der Waals surface area contributed by atoms with Crippen molar-refractivity contribution in [2.45, 2.75) is 18.9 Å². The summed E-state index contributed by atoms with van der Waals surface area (Å²) in [6.07, 6.45) is 3.41. The van der Waals surface area contributed by atoms with Crippen LogP contribution in [0.1, 0.15) is 24.4 Å². The molecule has 3 heteroatoms. The zero-order valence-corrected chi connectivity index (χ0v) is 8.87. The maximum absolute atomic E-state index is 13.3. The lowest BCUT2D eigenvalue weighted by atomic mass is 10.0. The molecule has 0 bridgehead atoms. The highest BCUT2D eigenvalue weighted by molar-refractivity contribution is 5.30. The molecule has 0 aliphatic heterocycles. The van der Waals surface area contributed by atoms with E-state index in [1.807, 2.05) is 0 Å². The predicted molar refractivity (Wildman–Crippen MR) is 59.3 cm³/mol. The molecule has 0 fully saturated rings. The largest absolute Gasteiger partial charge is 0.494 e. The van der Waals surface area contributed by atoms with Crippen LogP contribution in [0.3, 0.4) is 0 Å². The predicted octanol–water partition coefficient (Wildman–Crippen LogP) is 2.80. The van der Waals surface area contributed by atoms with Gasteiger partial charge in [0.15, 0.2) is 11.6 Å². The van der Waals surface area contributed by atoms with Gasteiger partial charge in [-0.2, -0.15) is 0 Å². The molecule has 0 saturated carbocycles. The molecule has 0 spiro atoms. The van der Waals surface area contributed by atoms with Crippen molar-refractivity contribution in [1.29, 1.82) is 0 Å². The van der Waals surface area contributed by atoms with Crippen molar-refractivity contribution in [3.05, 3.63) is 42.2 Å². The van der Waals surface area contributed by atoms with Crippen LogP contribution in [-0.4, -0.2) is 7.11 Å². The standard InChI is InChI=1S/C12H16FNO/c1-3-4-5-11(14)9-6-7-12(15-2)10(13)8-9/h3,6-8,11H,1,4-5,14H2,2H3/t11-/m0/s1. The average molecular weight is 209 g/mol. The van der Waals surface area contributed by atoms with Crippen LogP contribution in [0, 0.1) is 5.82 Å². The van der Waals surface area contributed by atoms with Crippen LogP contribution in [0.2, 0.25) is 0 Å². The Morgan fingerprint density at radius 1 is 1.60 bits per heavy atom. The number of hydrogen-bond donors (Lipinski definition) is 1. The summed E-state index contributed by atoms with van der Waals surface area (Å²) in [5.41, 5.74) is 6.67. The molecule has 0 amide bonds. The van der Waals surface area contributed by atoms with Crippen molar-refractivity contribution in [1.82, 2.24) is 0 Å². The van der Waals surface area contributed by atoms with Crippen LogP contribution in [0.4, 0.5) is 4.39 Å². The molecule has 1 aromatic rings. The van der Waals surface area contributed by atoms with Crippen LogP contribution < -0.4 is 10.5 Å². The third-order valence-electron chi connectivity index (χ3n) is 2.29. The van der Waals surface area contributed by atoms with Gasteiger partial charge in [0.2, 0.25) is 0 Å². The smallest absolute Gasteiger partial charge is 0.165 e. The fourth-order valence-corrected chi connectivity index (χ4v) is 1.38. The Hall–Kier alpha value is -1.35. The summed E-state index contributed by atoms with van der Waals surface area (Å²) in [5.74, 6) is -0.126. The molecule has 0 aliphatic carbocycles. The van der Waals surface area contributed by atoms with Crippen LogP contribution >= 0.6 is 0 Å². The van der Waals surface area contributed by atoms with Gasteiger partial charge in [0.05, 0.1) is 7.11 Å². The first-order valence-corrected chi connectivity index (χ1v) is 4.89. The van der Waals surface area contributed by atoms with Gasteiger partial charge in [-0.1, -0.05) is 12.1 Å². The van der Waals surface area contributed by atoms with Gasteiger partial charge in [-0.05, 0) is 30.5 Å². The third-order valence-corrected chi connectivity index (χ3v) is 2.29. The summed E-state index contributed by atoms with van der Waals surface area (Å²) in [6.45, 7) is 3.62. The Morgan fingerprint density at radius 3 is 2.87 bits per heavy atom. The molecule has 15 heavy (non-hydrogen) atoms. The highest BCUT2D eigenvalue weighted by atomic mass is 19.1. The molecule has 0 unspecified atom stereocenters. The summed E-state index contributed by atoms with van der Waals surface area (Å²) >= 11 is 0. The second-order valence-electron chi connectivity index (χ2n) is 3.37. The van der Waals surface area contributed by atoms with Gasteiger partial charge in [0.25, 0.3) is 0 Å². The average Bonchev–Trinajstić information content (AvgIpc) is 2.25. The topological polar surface area (TPSA) is 35.2 Å². The van der Waals surface area contributed by atoms with Crippen LogP contribution in [-0.2, 0) is 0 Å². The van der Waals surface area contributed by atoms with Crippen molar-refractivity contribution >= 4 is 0 Å². The number of allylic oxidation sites excluding steroid dienone is 1. The van der Waals surface area contributed by atoms with Crippen molar-refractivity contribution in [3.8, 4) is 5.75 Å². The normalized spacial score (nSPS) is 12.2. The Labute approximate surface area is 89.6 Å². The second kappa shape index (κ2) is 5.51. The number of benzene rings is 1. The van der Waals surface area contributed by atoms with Gasteiger partial charge in [-0.25, -0.2) is 4.39 Å². The van der Waals surface area contributed by atoms with E-state index in [2.05, 4.69) is 6.58 Å². The number of methoxy groups -OCH3 is 1. The van der Waals surface area contributed by atoms with E-state index in [1.54, 1.807) is 18.2 Å². The Kier molecular flexibility index (Phi) is 4.31. The third kappa shape index (κ3) is 3.06. The number of rotatable bonds is 5. The first-order chi connectivity index (χ1) is 7.19. The minimum absolute atomic E-state index is 0.150. The molecule has 0 aliphatic rings. The maximum atomic E-state index is 13.3. The van der Waals surface area contributed by atoms with Gasteiger partial charge in [0, 0.05) is 6.04 Å². The lowest BCUT2D eigenvalue weighted by Crippen LogP contribution is -2.10. The van der Waals surface area contributed by atoms with Gasteiger partial charge in [-0.15, -0.1) is 6.58 Å². The molecule has 2 nitrogen and oxygen atoms in total. The Morgan fingerprint density at radius 2 is 2.33 bits per heavy atom. The summed E-state index contributed by atoms with van der Waals surface area (Å²) in [6, 6.07) is 4.66. The molecule has 0 aromatic heterocycles. The SMILES string of the molecule is C=CCC[C@H](N)c1ccc(OC)c(F)c1. The van der Waals surface area contributed by atoms with Gasteiger partial charge in [-0.3, -0.25) is 0 Å². The van der Waals surface area contributed by atoms with E-state index in [1.165, 1.54) is 13.2 Å². The molecule has 1 aromatic carbocycles. The first-order valence-electron chi connectivity index (χ1n) is 4.89. The van der Waals surface area contributed by atoms with Gasteiger partial charge >= 0.3 is 0 Å². The van der Waals surface area contributed by atoms with Gasteiger partial charge < -0.3 is 10.5 Å². The molecule has 0 radical (unpaired) electrons. The molecule has 0 heterocycles. The molecular weight excluding hydrogens is 193 g/mol. The minimum atomic E-state index is -0.371. The van der Waals surface area contributed by atoms with Crippen LogP contribution in [0.15, 0.2) is 30.9 Å². The Bertz CT molecular complexity index is 338. The van der Waals surface area contributed by atoms with Crippen LogP contribution in [0.5, 0.6) is 5.75 Å². The van der Waals surface area contributed by atoms with Crippen molar-refractivity contribution in [2.75, 3.05) is 7.11 Å². The summed E-state index contributed by atoms with van der Waals surface area (Å²) in [7, 11) is 1.44. The van der Waals surface area contributed by atoms with E-state index in [0.717, 1.165) is 18.4 Å². The minimum Gasteiger partial charge on any atom is -0.494 e. The molecule has 2 N–H and O–H groups in total. The number of nitrogens with two attached hydrogens (primary N) is 1. The fourth-order valence-electron chi connectivity index (χ4n) is 1.38. The first kappa shape index (κ1) is 11.7. The van der Waals surface area contributed by atoms with E-state index >= 15 is 0 Å². The zero-order valence-electron chi connectivity index (χ0n) is 8.87. The summed E-state index contributed by atoms with van der Waals surface area (Å²) < 4.78 is 18.2. The lowest BCUT2D eigenvalue weighted by molar-refractivity contribution is 0.385. The lowest BCUT2D eigenvalue weighted by Gasteiger charge is -2.11. The second-order valence-corrected chi connectivity index (χ2v) is 3.37. The molecule has 0 saturated heterocycles.